The van der Waals surface area contributed by atoms with E-state index in [1.807, 2.05) is 41.6 Å². The van der Waals surface area contributed by atoms with Crippen LogP contribution in [0.3, 0.4) is 0 Å². The van der Waals surface area contributed by atoms with Gasteiger partial charge in [0.2, 0.25) is 0 Å². The van der Waals surface area contributed by atoms with Crippen molar-refractivity contribution in [3.05, 3.63) is 59.5 Å². The molecular weight excluding hydrogens is 370 g/mol. The van der Waals surface area contributed by atoms with Crippen LogP contribution >= 0.6 is 11.3 Å². The molecule has 1 aliphatic carbocycles. The molecule has 3 aromatic heterocycles. The van der Waals surface area contributed by atoms with Crippen LogP contribution in [-0.4, -0.2) is 44.4 Å². The Morgan fingerprint density at radius 3 is 2.86 bits per heavy atom. The molecule has 1 N–H and O–H groups in total. The number of likely N-dealkylation sites (tertiary alicyclic amines) is 1. The van der Waals surface area contributed by atoms with Gasteiger partial charge in [0.15, 0.2) is 0 Å². The first-order valence-corrected chi connectivity index (χ1v) is 10.4. The smallest absolute Gasteiger partial charge is 0.273 e. The van der Waals surface area contributed by atoms with Crippen molar-refractivity contribution in [2.24, 2.45) is 5.92 Å². The minimum absolute atomic E-state index is 0.00154. The summed E-state index contributed by atoms with van der Waals surface area (Å²) in [5.41, 5.74) is 2.45. The number of anilines is 1. The molecule has 3 atom stereocenters. The zero-order valence-corrected chi connectivity index (χ0v) is 16.4. The maximum Gasteiger partial charge on any atom is 0.273 e. The van der Waals surface area contributed by atoms with Crippen LogP contribution in [-0.2, 0) is 0 Å². The number of aryl methyl sites for hydroxylation is 1. The number of nitrogens with one attached hydrogen (secondary N) is 1. The summed E-state index contributed by atoms with van der Waals surface area (Å²) in [6.45, 7) is 2.83. The number of carbonyl (C=O) groups is 1. The topological polar surface area (TPSA) is 71.0 Å². The van der Waals surface area contributed by atoms with Crippen LogP contribution in [0.25, 0.3) is 10.6 Å². The molecule has 2 bridgehead atoms. The minimum atomic E-state index is 0.00154. The van der Waals surface area contributed by atoms with Crippen LogP contribution in [0.2, 0.25) is 0 Å². The lowest BCUT2D eigenvalue weighted by Crippen LogP contribution is -2.48. The Morgan fingerprint density at radius 1 is 1.18 bits per heavy atom. The Kier molecular flexibility index (Phi) is 4.31. The highest BCUT2D eigenvalue weighted by atomic mass is 32.1. The lowest BCUT2D eigenvalue weighted by atomic mass is 10.0. The van der Waals surface area contributed by atoms with Crippen LogP contribution < -0.4 is 5.32 Å². The fraction of sp³-hybridized carbons (Fsp3) is 0.333. The number of carbonyl (C=O) groups excluding carboxylic acids is 1. The van der Waals surface area contributed by atoms with Gasteiger partial charge in [0.05, 0.1) is 6.04 Å². The fourth-order valence-electron chi connectivity index (χ4n) is 4.40. The summed E-state index contributed by atoms with van der Waals surface area (Å²) in [4.78, 5) is 28.7. The van der Waals surface area contributed by atoms with Crippen molar-refractivity contribution in [1.82, 2.24) is 19.9 Å². The number of hydrogen-bond acceptors (Lipinski definition) is 6. The normalized spacial score (nSPS) is 23.2. The van der Waals surface area contributed by atoms with Gasteiger partial charge in [0.1, 0.15) is 16.5 Å². The van der Waals surface area contributed by atoms with Gasteiger partial charge in [0.25, 0.3) is 5.91 Å². The highest BCUT2D eigenvalue weighted by Crippen LogP contribution is 2.40. The predicted molar refractivity (Wildman–Crippen MR) is 109 cm³/mol. The molecular formula is C21H21N5OS. The molecule has 3 aromatic rings. The molecule has 1 saturated carbocycles. The third-order valence-corrected chi connectivity index (χ3v) is 6.47. The summed E-state index contributed by atoms with van der Waals surface area (Å²) in [6, 6.07) is 8.25. The molecule has 6 nitrogen and oxygen atoms in total. The lowest BCUT2D eigenvalue weighted by Gasteiger charge is -2.34. The van der Waals surface area contributed by atoms with Crippen molar-refractivity contribution in [1.29, 1.82) is 0 Å². The monoisotopic (exact) mass is 391 g/mol. The predicted octanol–water partition coefficient (Wildman–Crippen LogP) is 3.62. The number of piperidine rings is 1. The van der Waals surface area contributed by atoms with Gasteiger partial charge in [-0.2, -0.15) is 0 Å². The molecule has 1 aliphatic heterocycles. The van der Waals surface area contributed by atoms with Crippen molar-refractivity contribution in [2.75, 3.05) is 11.9 Å². The van der Waals surface area contributed by atoms with E-state index in [1.54, 1.807) is 12.4 Å². The molecule has 1 saturated heterocycles. The van der Waals surface area contributed by atoms with Gasteiger partial charge in [-0.25, -0.2) is 9.97 Å². The number of thiazole rings is 1. The second kappa shape index (κ2) is 6.98. The first-order valence-electron chi connectivity index (χ1n) is 9.54. The number of nitrogens with zero attached hydrogens (tertiary/aromatic N) is 4. The number of aromatic nitrogens is 3. The largest absolute Gasteiger partial charge is 0.365 e. The van der Waals surface area contributed by atoms with E-state index in [2.05, 4.69) is 26.3 Å². The first kappa shape index (κ1) is 17.3. The summed E-state index contributed by atoms with van der Waals surface area (Å²) < 4.78 is 0. The number of amides is 1. The molecule has 0 radical (unpaired) electrons. The average molecular weight is 392 g/mol. The molecule has 3 unspecified atom stereocenters. The quantitative estimate of drug-likeness (QED) is 0.735. The maximum atomic E-state index is 13.4. The van der Waals surface area contributed by atoms with Gasteiger partial charge >= 0.3 is 0 Å². The van der Waals surface area contributed by atoms with Gasteiger partial charge in [-0.1, -0.05) is 6.07 Å². The number of pyridine rings is 2. The van der Waals surface area contributed by atoms with E-state index in [4.69, 9.17) is 0 Å². The third-order valence-electron chi connectivity index (χ3n) is 5.66. The van der Waals surface area contributed by atoms with E-state index < -0.39 is 0 Å². The third kappa shape index (κ3) is 3.05. The van der Waals surface area contributed by atoms with Gasteiger partial charge in [-0.3, -0.25) is 9.78 Å². The van der Waals surface area contributed by atoms with E-state index in [9.17, 15) is 4.79 Å². The van der Waals surface area contributed by atoms with Crippen molar-refractivity contribution in [3.8, 4) is 10.6 Å². The fourth-order valence-corrected chi connectivity index (χ4v) is 5.06. The molecule has 2 aliphatic rings. The van der Waals surface area contributed by atoms with E-state index >= 15 is 0 Å². The van der Waals surface area contributed by atoms with Crippen molar-refractivity contribution < 1.29 is 4.79 Å². The number of rotatable bonds is 4. The highest BCUT2D eigenvalue weighted by Gasteiger charge is 2.47. The molecule has 0 aromatic carbocycles. The number of hydrogen-bond donors (Lipinski definition) is 1. The highest BCUT2D eigenvalue weighted by molar-refractivity contribution is 7.13. The lowest BCUT2D eigenvalue weighted by molar-refractivity contribution is 0.0687. The van der Waals surface area contributed by atoms with Crippen molar-refractivity contribution in [3.63, 3.8) is 0 Å². The molecule has 2 fully saturated rings. The SMILES string of the molecule is Cc1ccc(NC2CC3CC2N(C(=O)c2ncccc2-c2nccs2)C3)nc1. The summed E-state index contributed by atoms with van der Waals surface area (Å²) in [6.07, 6.45) is 7.42. The van der Waals surface area contributed by atoms with E-state index in [0.717, 1.165) is 41.3 Å². The zero-order chi connectivity index (χ0) is 19.1. The molecule has 28 heavy (non-hydrogen) atoms. The Balaban J connectivity index is 1.39. The van der Waals surface area contributed by atoms with Crippen LogP contribution in [0.5, 0.6) is 0 Å². The van der Waals surface area contributed by atoms with Crippen molar-refractivity contribution >= 4 is 23.1 Å². The Labute approximate surface area is 167 Å². The summed E-state index contributed by atoms with van der Waals surface area (Å²) in [5, 5.41) is 6.29. The molecule has 142 valence electrons. The second-order valence-corrected chi connectivity index (χ2v) is 8.47. The summed E-state index contributed by atoms with van der Waals surface area (Å²) in [7, 11) is 0. The average Bonchev–Trinajstić information content (AvgIpc) is 3.46. The maximum absolute atomic E-state index is 13.4. The first-order chi connectivity index (χ1) is 13.7. The van der Waals surface area contributed by atoms with Gasteiger partial charge in [0, 0.05) is 42.1 Å². The molecule has 0 spiro atoms. The molecule has 1 amide bonds. The number of fused-ring (bicyclic) bond motifs is 2. The summed E-state index contributed by atoms with van der Waals surface area (Å²) >= 11 is 1.53. The second-order valence-electron chi connectivity index (χ2n) is 7.57. The Bertz CT molecular complexity index is 988. The van der Waals surface area contributed by atoms with Crippen LogP contribution in [0.4, 0.5) is 5.82 Å². The zero-order valence-electron chi connectivity index (χ0n) is 15.6. The standard InChI is InChI=1S/C21H21N5OS/c1-13-4-5-18(24-11-13)25-16-9-14-10-17(16)26(12-14)21(27)19-15(3-2-6-22-19)20-23-7-8-28-20/h2-8,11,14,16-17H,9-10,12H2,1H3,(H,24,25). The van der Waals surface area contributed by atoms with E-state index in [-0.39, 0.29) is 18.0 Å². The Hall–Kier alpha value is -2.80. The molecule has 4 heterocycles. The van der Waals surface area contributed by atoms with Gasteiger partial charge in [-0.15, -0.1) is 11.3 Å². The van der Waals surface area contributed by atoms with Crippen LogP contribution in [0, 0.1) is 12.8 Å². The van der Waals surface area contributed by atoms with E-state index in [1.165, 1.54) is 11.3 Å². The van der Waals surface area contributed by atoms with Crippen molar-refractivity contribution in [2.45, 2.75) is 31.8 Å². The van der Waals surface area contributed by atoms with Gasteiger partial charge in [-0.05, 0) is 49.4 Å². The molecule has 5 rings (SSSR count). The Morgan fingerprint density at radius 2 is 2.11 bits per heavy atom. The van der Waals surface area contributed by atoms with Gasteiger partial charge < -0.3 is 10.2 Å². The minimum Gasteiger partial charge on any atom is -0.365 e. The van der Waals surface area contributed by atoms with Crippen LogP contribution in [0.1, 0.15) is 28.9 Å². The van der Waals surface area contributed by atoms with Crippen LogP contribution in [0.15, 0.2) is 48.2 Å². The molecule has 7 heteroatoms. The van der Waals surface area contributed by atoms with E-state index in [0.29, 0.717) is 11.6 Å². The summed E-state index contributed by atoms with van der Waals surface area (Å²) in [5.74, 6) is 1.41.